The molecule has 0 saturated carbocycles. The number of ether oxygens (including phenoxy) is 1. The number of hydrogen-bond donors (Lipinski definition) is 2. The summed E-state index contributed by atoms with van der Waals surface area (Å²) in [5, 5.41) is 6.35. The fourth-order valence-electron chi connectivity index (χ4n) is 1.62. The highest BCUT2D eigenvalue weighted by Crippen LogP contribution is 2.20. The standard InChI is InChI=1S/C10H13ClN4O2/c1-17-10-13-5-7(11)9(15-10)12-4-6-2-3-8(16)14-6/h5-6H,2-4H2,1H3,(H,14,16)(H,12,13,15). The number of anilines is 1. The van der Waals surface area contributed by atoms with Gasteiger partial charge in [-0.3, -0.25) is 4.79 Å². The van der Waals surface area contributed by atoms with Gasteiger partial charge in [0, 0.05) is 19.0 Å². The molecule has 17 heavy (non-hydrogen) atoms. The Bertz CT molecular complexity index is 427. The second-order valence-electron chi connectivity index (χ2n) is 3.74. The average Bonchev–Trinajstić information content (AvgIpc) is 2.74. The second kappa shape index (κ2) is 5.18. The molecule has 1 aliphatic heterocycles. The van der Waals surface area contributed by atoms with Crippen LogP contribution in [0.3, 0.4) is 0 Å². The number of amides is 1. The van der Waals surface area contributed by atoms with Gasteiger partial charge in [0.05, 0.1) is 13.3 Å². The van der Waals surface area contributed by atoms with E-state index in [9.17, 15) is 4.79 Å². The molecule has 1 atom stereocenters. The zero-order valence-electron chi connectivity index (χ0n) is 9.36. The molecule has 1 fully saturated rings. The van der Waals surface area contributed by atoms with Crippen LogP contribution in [0.4, 0.5) is 5.82 Å². The van der Waals surface area contributed by atoms with E-state index in [0.29, 0.717) is 23.8 Å². The predicted octanol–water partition coefficient (Wildman–Crippen LogP) is 0.829. The summed E-state index contributed by atoms with van der Waals surface area (Å²) in [6.45, 7) is 0.589. The molecular formula is C10H13ClN4O2. The number of carbonyl (C=O) groups is 1. The zero-order chi connectivity index (χ0) is 12.3. The molecule has 1 amide bonds. The fourth-order valence-corrected chi connectivity index (χ4v) is 1.78. The third-order valence-electron chi connectivity index (χ3n) is 2.51. The monoisotopic (exact) mass is 256 g/mol. The van der Waals surface area contributed by atoms with Crippen molar-refractivity contribution in [2.24, 2.45) is 0 Å². The number of hydrogen-bond acceptors (Lipinski definition) is 5. The molecule has 0 aliphatic carbocycles. The topological polar surface area (TPSA) is 76.1 Å². The van der Waals surface area contributed by atoms with Gasteiger partial charge < -0.3 is 15.4 Å². The highest BCUT2D eigenvalue weighted by Gasteiger charge is 2.20. The summed E-state index contributed by atoms with van der Waals surface area (Å²) in [5.41, 5.74) is 0. The largest absolute Gasteiger partial charge is 0.467 e. The highest BCUT2D eigenvalue weighted by atomic mass is 35.5. The maximum atomic E-state index is 11.0. The van der Waals surface area contributed by atoms with Crippen LogP contribution in [-0.4, -0.2) is 35.6 Å². The SMILES string of the molecule is COc1ncc(Cl)c(NCC2CCC(=O)N2)n1. The normalized spacial score (nSPS) is 18.9. The van der Waals surface area contributed by atoms with Gasteiger partial charge >= 0.3 is 6.01 Å². The van der Waals surface area contributed by atoms with E-state index in [1.165, 1.54) is 13.3 Å². The summed E-state index contributed by atoms with van der Waals surface area (Å²) in [6, 6.07) is 0.381. The minimum absolute atomic E-state index is 0.0863. The number of rotatable bonds is 4. The molecule has 2 rings (SSSR count). The third-order valence-corrected chi connectivity index (χ3v) is 2.78. The van der Waals surface area contributed by atoms with Crippen LogP contribution >= 0.6 is 11.6 Å². The predicted molar refractivity (Wildman–Crippen MR) is 63.2 cm³/mol. The van der Waals surface area contributed by atoms with Gasteiger partial charge in [-0.1, -0.05) is 11.6 Å². The highest BCUT2D eigenvalue weighted by molar-refractivity contribution is 6.32. The van der Waals surface area contributed by atoms with E-state index in [-0.39, 0.29) is 18.0 Å². The quantitative estimate of drug-likeness (QED) is 0.835. The van der Waals surface area contributed by atoms with Crippen molar-refractivity contribution in [2.75, 3.05) is 19.0 Å². The van der Waals surface area contributed by atoms with Crippen molar-refractivity contribution in [2.45, 2.75) is 18.9 Å². The molecule has 0 bridgehead atoms. The smallest absolute Gasteiger partial charge is 0.318 e. The van der Waals surface area contributed by atoms with E-state index in [4.69, 9.17) is 16.3 Å². The van der Waals surface area contributed by atoms with E-state index in [0.717, 1.165) is 6.42 Å². The van der Waals surface area contributed by atoms with E-state index in [1.807, 2.05) is 0 Å². The molecule has 1 unspecified atom stereocenters. The average molecular weight is 257 g/mol. The maximum Gasteiger partial charge on any atom is 0.318 e. The van der Waals surface area contributed by atoms with Crippen molar-refractivity contribution in [1.29, 1.82) is 0 Å². The molecule has 1 aromatic rings. The Morgan fingerprint density at radius 3 is 3.18 bits per heavy atom. The van der Waals surface area contributed by atoms with Crippen molar-refractivity contribution in [3.63, 3.8) is 0 Å². The lowest BCUT2D eigenvalue weighted by molar-refractivity contribution is -0.119. The molecule has 7 heteroatoms. The first-order chi connectivity index (χ1) is 8.19. The van der Waals surface area contributed by atoms with Crippen LogP contribution in [0.1, 0.15) is 12.8 Å². The number of carbonyl (C=O) groups excluding carboxylic acids is 1. The molecule has 1 saturated heterocycles. The summed E-state index contributed by atoms with van der Waals surface area (Å²) in [4.78, 5) is 19.0. The molecule has 92 valence electrons. The molecule has 1 aliphatic rings. The first-order valence-corrected chi connectivity index (χ1v) is 5.66. The molecular weight excluding hydrogens is 244 g/mol. The van der Waals surface area contributed by atoms with Crippen LogP contribution < -0.4 is 15.4 Å². The van der Waals surface area contributed by atoms with Crippen LogP contribution in [0.2, 0.25) is 5.02 Å². The Kier molecular flexibility index (Phi) is 3.63. The molecule has 0 spiro atoms. The Hall–Kier alpha value is -1.56. The number of nitrogens with zero attached hydrogens (tertiary/aromatic N) is 2. The van der Waals surface area contributed by atoms with Gasteiger partial charge in [0.15, 0.2) is 5.82 Å². The molecule has 6 nitrogen and oxygen atoms in total. The Balaban J connectivity index is 1.96. The molecule has 0 aromatic carbocycles. The minimum Gasteiger partial charge on any atom is -0.467 e. The summed E-state index contributed by atoms with van der Waals surface area (Å²) in [7, 11) is 1.49. The number of methoxy groups -OCH3 is 1. The maximum absolute atomic E-state index is 11.0. The van der Waals surface area contributed by atoms with E-state index in [1.54, 1.807) is 0 Å². The van der Waals surface area contributed by atoms with Crippen molar-refractivity contribution in [3.05, 3.63) is 11.2 Å². The summed E-state index contributed by atoms with van der Waals surface area (Å²) in [5.74, 6) is 0.600. The Morgan fingerprint density at radius 1 is 1.71 bits per heavy atom. The van der Waals surface area contributed by atoms with Crippen molar-refractivity contribution < 1.29 is 9.53 Å². The van der Waals surface area contributed by atoms with Gasteiger partial charge in [-0.25, -0.2) is 4.98 Å². The van der Waals surface area contributed by atoms with Crippen LogP contribution in [0.15, 0.2) is 6.20 Å². The van der Waals surface area contributed by atoms with Gasteiger partial charge in [-0.15, -0.1) is 0 Å². The second-order valence-corrected chi connectivity index (χ2v) is 4.14. The molecule has 1 aromatic heterocycles. The Morgan fingerprint density at radius 2 is 2.53 bits per heavy atom. The Labute approximate surface area is 104 Å². The van der Waals surface area contributed by atoms with E-state index in [2.05, 4.69) is 20.6 Å². The lowest BCUT2D eigenvalue weighted by Gasteiger charge is -2.12. The van der Waals surface area contributed by atoms with Gasteiger partial charge in [-0.2, -0.15) is 4.98 Å². The first-order valence-electron chi connectivity index (χ1n) is 5.29. The first kappa shape index (κ1) is 11.9. The lowest BCUT2D eigenvalue weighted by Crippen LogP contribution is -2.32. The van der Waals surface area contributed by atoms with Crippen molar-refractivity contribution in [3.8, 4) is 6.01 Å². The zero-order valence-corrected chi connectivity index (χ0v) is 10.1. The fraction of sp³-hybridized carbons (Fsp3) is 0.500. The number of aromatic nitrogens is 2. The van der Waals surface area contributed by atoms with Gasteiger partial charge in [0.25, 0.3) is 0 Å². The number of nitrogens with one attached hydrogen (secondary N) is 2. The van der Waals surface area contributed by atoms with E-state index < -0.39 is 0 Å². The molecule has 2 N–H and O–H groups in total. The van der Waals surface area contributed by atoms with Gasteiger partial charge in [0.2, 0.25) is 5.91 Å². The van der Waals surface area contributed by atoms with Crippen LogP contribution in [0, 0.1) is 0 Å². The van der Waals surface area contributed by atoms with E-state index >= 15 is 0 Å². The summed E-state index contributed by atoms with van der Waals surface area (Å²) < 4.78 is 4.91. The number of halogens is 1. The van der Waals surface area contributed by atoms with Gasteiger partial charge in [0.1, 0.15) is 5.02 Å². The summed E-state index contributed by atoms with van der Waals surface area (Å²) >= 11 is 5.94. The van der Waals surface area contributed by atoms with Crippen LogP contribution in [0.25, 0.3) is 0 Å². The van der Waals surface area contributed by atoms with Crippen molar-refractivity contribution >= 4 is 23.3 Å². The van der Waals surface area contributed by atoms with Crippen molar-refractivity contribution in [1.82, 2.24) is 15.3 Å². The molecule has 0 radical (unpaired) electrons. The van der Waals surface area contributed by atoms with Crippen LogP contribution in [-0.2, 0) is 4.79 Å². The summed E-state index contributed by atoms with van der Waals surface area (Å²) in [6.07, 6.45) is 2.88. The van der Waals surface area contributed by atoms with Gasteiger partial charge in [-0.05, 0) is 6.42 Å². The minimum atomic E-state index is 0.0863. The van der Waals surface area contributed by atoms with Crippen LogP contribution in [0.5, 0.6) is 6.01 Å². The lowest BCUT2D eigenvalue weighted by atomic mass is 10.2. The third kappa shape index (κ3) is 2.97. The molecule has 2 heterocycles.